The number of nitrogens with zero attached hydrogens (tertiary/aromatic N) is 4. The molecule has 2 aliphatic rings. The van der Waals surface area contributed by atoms with Gasteiger partial charge in [0.1, 0.15) is 0 Å². The van der Waals surface area contributed by atoms with Crippen LogP contribution in [0.5, 0.6) is 0 Å². The van der Waals surface area contributed by atoms with Gasteiger partial charge in [-0.05, 0) is 33.2 Å². The van der Waals surface area contributed by atoms with Crippen molar-refractivity contribution in [3.8, 4) is 0 Å². The maximum atomic E-state index is 12.3. The quantitative estimate of drug-likeness (QED) is 0.884. The van der Waals surface area contributed by atoms with Crippen LogP contribution in [0.3, 0.4) is 0 Å². The van der Waals surface area contributed by atoms with Gasteiger partial charge in [0.05, 0.1) is 6.04 Å². The number of aromatic nitrogens is 2. The van der Waals surface area contributed by atoms with Crippen molar-refractivity contribution in [3.05, 3.63) is 11.7 Å². The highest BCUT2D eigenvalue weighted by Crippen LogP contribution is 2.20. The summed E-state index contributed by atoms with van der Waals surface area (Å²) >= 11 is 0. The average molecular weight is 307 g/mol. The van der Waals surface area contributed by atoms with Crippen molar-refractivity contribution in [1.29, 1.82) is 0 Å². The molecule has 122 valence electrons. The topological polar surface area (TPSA) is 74.5 Å². The van der Waals surface area contributed by atoms with Crippen molar-refractivity contribution in [2.24, 2.45) is 0 Å². The van der Waals surface area contributed by atoms with E-state index in [4.69, 9.17) is 4.52 Å². The highest BCUT2D eigenvalue weighted by molar-refractivity contribution is 5.77. The third-order valence-electron chi connectivity index (χ3n) is 4.70. The first-order valence-electron chi connectivity index (χ1n) is 8.19. The summed E-state index contributed by atoms with van der Waals surface area (Å²) in [5.41, 5.74) is 0. The van der Waals surface area contributed by atoms with Crippen molar-refractivity contribution in [2.75, 3.05) is 32.7 Å². The molecule has 2 fully saturated rings. The molecule has 3 rings (SSSR count). The predicted molar refractivity (Wildman–Crippen MR) is 81.2 cm³/mol. The van der Waals surface area contributed by atoms with Gasteiger partial charge < -0.3 is 14.7 Å². The standard InChI is InChI=1S/C15H25N5O2/c1-11(15-17-12(2)18-22-15)19-6-8-20(9-7-19)14(21)10-13-4-3-5-16-13/h11,13,16H,3-10H2,1-2H3. The van der Waals surface area contributed by atoms with Crippen molar-refractivity contribution < 1.29 is 9.32 Å². The summed E-state index contributed by atoms with van der Waals surface area (Å²) in [6.07, 6.45) is 2.95. The van der Waals surface area contributed by atoms with Crippen molar-refractivity contribution in [3.63, 3.8) is 0 Å². The third-order valence-corrected chi connectivity index (χ3v) is 4.70. The Hall–Kier alpha value is -1.47. The first kappa shape index (κ1) is 15.4. The lowest BCUT2D eigenvalue weighted by Crippen LogP contribution is -2.50. The number of aryl methyl sites for hydroxylation is 1. The normalized spacial score (nSPS) is 24.6. The van der Waals surface area contributed by atoms with Crippen LogP contribution < -0.4 is 5.32 Å². The number of piperazine rings is 1. The summed E-state index contributed by atoms with van der Waals surface area (Å²) in [6.45, 7) is 8.22. The first-order valence-corrected chi connectivity index (χ1v) is 8.19. The molecule has 2 saturated heterocycles. The second-order valence-electron chi connectivity index (χ2n) is 6.27. The van der Waals surface area contributed by atoms with Crippen LogP contribution in [0, 0.1) is 6.92 Å². The Bertz CT molecular complexity index is 504. The van der Waals surface area contributed by atoms with Crippen LogP contribution >= 0.6 is 0 Å². The molecule has 0 saturated carbocycles. The molecule has 1 aromatic heterocycles. The van der Waals surface area contributed by atoms with Gasteiger partial charge in [-0.1, -0.05) is 5.16 Å². The van der Waals surface area contributed by atoms with Crippen LogP contribution in [0.15, 0.2) is 4.52 Å². The minimum absolute atomic E-state index is 0.106. The molecule has 7 nitrogen and oxygen atoms in total. The Balaban J connectivity index is 1.48. The Morgan fingerprint density at radius 2 is 2.18 bits per heavy atom. The molecule has 1 amide bonds. The summed E-state index contributed by atoms with van der Waals surface area (Å²) in [4.78, 5) is 20.9. The highest BCUT2D eigenvalue weighted by atomic mass is 16.5. The lowest BCUT2D eigenvalue weighted by atomic mass is 10.1. The van der Waals surface area contributed by atoms with Crippen LogP contribution in [0.25, 0.3) is 0 Å². The molecule has 7 heteroatoms. The molecule has 0 radical (unpaired) electrons. The average Bonchev–Trinajstić information content (AvgIpc) is 3.18. The number of carbonyl (C=O) groups is 1. The van der Waals surface area contributed by atoms with E-state index in [0.29, 0.717) is 24.2 Å². The van der Waals surface area contributed by atoms with Gasteiger partial charge in [0.25, 0.3) is 0 Å². The summed E-state index contributed by atoms with van der Waals surface area (Å²) in [7, 11) is 0. The van der Waals surface area contributed by atoms with Crippen LogP contribution in [-0.2, 0) is 4.79 Å². The van der Waals surface area contributed by atoms with Crippen molar-refractivity contribution in [2.45, 2.75) is 45.2 Å². The molecule has 0 bridgehead atoms. The van der Waals surface area contributed by atoms with E-state index in [1.807, 2.05) is 11.8 Å². The highest BCUT2D eigenvalue weighted by Gasteiger charge is 2.28. The number of rotatable bonds is 4. The minimum atomic E-state index is 0.106. The molecular formula is C15H25N5O2. The van der Waals surface area contributed by atoms with E-state index in [9.17, 15) is 4.79 Å². The van der Waals surface area contributed by atoms with Crippen LogP contribution in [0.4, 0.5) is 0 Å². The van der Waals surface area contributed by atoms with E-state index in [-0.39, 0.29) is 11.9 Å². The van der Waals surface area contributed by atoms with Gasteiger partial charge in [0, 0.05) is 38.6 Å². The SMILES string of the molecule is Cc1noc(C(C)N2CCN(C(=O)CC3CCCN3)CC2)n1. The first-order chi connectivity index (χ1) is 10.6. The van der Waals surface area contributed by atoms with E-state index in [1.165, 1.54) is 6.42 Å². The molecule has 0 aromatic carbocycles. The molecule has 1 N–H and O–H groups in total. The van der Waals surface area contributed by atoms with E-state index in [1.54, 1.807) is 0 Å². The Labute approximate surface area is 131 Å². The fraction of sp³-hybridized carbons (Fsp3) is 0.800. The Morgan fingerprint density at radius 3 is 2.77 bits per heavy atom. The van der Waals surface area contributed by atoms with E-state index in [2.05, 4.69) is 27.3 Å². The number of hydrogen-bond acceptors (Lipinski definition) is 6. The third kappa shape index (κ3) is 3.47. The molecule has 2 atom stereocenters. The van der Waals surface area contributed by atoms with E-state index >= 15 is 0 Å². The number of hydrogen-bond donors (Lipinski definition) is 1. The van der Waals surface area contributed by atoms with E-state index < -0.39 is 0 Å². The van der Waals surface area contributed by atoms with Gasteiger partial charge in [0.15, 0.2) is 5.82 Å². The molecular weight excluding hydrogens is 282 g/mol. The van der Waals surface area contributed by atoms with Crippen LogP contribution in [0.1, 0.15) is 43.9 Å². The smallest absolute Gasteiger partial charge is 0.243 e. The largest absolute Gasteiger partial charge is 0.340 e. The predicted octanol–water partition coefficient (Wildman–Crippen LogP) is 0.725. The summed E-state index contributed by atoms with van der Waals surface area (Å²) in [5.74, 6) is 1.60. The summed E-state index contributed by atoms with van der Waals surface area (Å²) < 4.78 is 5.25. The fourth-order valence-electron chi connectivity index (χ4n) is 3.27. The number of amides is 1. The molecule has 2 unspecified atom stereocenters. The second-order valence-corrected chi connectivity index (χ2v) is 6.27. The molecule has 0 aliphatic carbocycles. The monoisotopic (exact) mass is 307 g/mol. The number of carbonyl (C=O) groups excluding carboxylic acids is 1. The van der Waals surface area contributed by atoms with Crippen LogP contribution in [0.2, 0.25) is 0 Å². The van der Waals surface area contributed by atoms with Gasteiger partial charge in [0.2, 0.25) is 11.8 Å². The molecule has 2 aliphatic heterocycles. The maximum absolute atomic E-state index is 12.3. The van der Waals surface area contributed by atoms with Crippen molar-refractivity contribution >= 4 is 5.91 Å². The lowest BCUT2D eigenvalue weighted by Gasteiger charge is -2.37. The van der Waals surface area contributed by atoms with Crippen LogP contribution in [-0.4, -0.2) is 64.6 Å². The van der Waals surface area contributed by atoms with Crippen molar-refractivity contribution in [1.82, 2.24) is 25.3 Å². The molecule has 0 spiro atoms. The van der Waals surface area contributed by atoms with Gasteiger partial charge in [-0.2, -0.15) is 4.98 Å². The molecule has 3 heterocycles. The fourth-order valence-corrected chi connectivity index (χ4v) is 3.27. The summed E-state index contributed by atoms with van der Waals surface area (Å²) in [5, 5.41) is 7.24. The minimum Gasteiger partial charge on any atom is -0.340 e. The zero-order valence-electron chi connectivity index (χ0n) is 13.4. The zero-order valence-corrected chi connectivity index (χ0v) is 13.4. The van der Waals surface area contributed by atoms with Gasteiger partial charge in [-0.15, -0.1) is 0 Å². The summed E-state index contributed by atoms with van der Waals surface area (Å²) in [6, 6.07) is 0.487. The number of nitrogens with one attached hydrogen (secondary N) is 1. The molecule has 22 heavy (non-hydrogen) atoms. The zero-order chi connectivity index (χ0) is 15.5. The Morgan fingerprint density at radius 1 is 1.41 bits per heavy atom. The van der Waals surface area contributed by atoms with Gasteiger partial charge in [-0.3, -0.25) is 9.69 Å². The second kappa shape index (κ2) is 6.75. The van der Waals surface area contributed by atoms with Gasteiger partial charge in [-0.25, -0.2) is 0 Å². The Kier molecular flexibility index (Phi) is 4.73. The van der Waals surface area contributed by atoms with Gasteiger partial charge >= 0.3 is 0 Å². The maximum Gasteiger partial charge on any atom is 0.243 e. The molecule has 1 aromatic rings. The van der Waals surface area contributed by atoms with E-state index in [0.717, 1.165) is 39.1 Å². The lowest BCUT2D eigenvalue weighted by molar-refractivity contribution is -0.133.